The van der Waals surface area contributed by atoms with Gasteiger partial charge in [0.15, 0.2) is 5.78 Å². The van der Waals surface area contributed by atoms with E-state index in [1.165, 1.54) is 0 Å². The van der Waals surface area contributed by atoms with Gasteiger partial charge in [0.1, 0.15) is 0 Å². The molecule has 0 unspecified atom stereocenters. The molecule has 1 aromatic carbocycles. The van der Waals surface area contributed by atoms with Crippen molar-refractivity contribution in [3.8, 4) is 0 Å². The first-order valence-corrected chi connectivity index (χ1v) is 5.30. The Balaban J connectivity index is 2.71. The highest BCUT2D eigenvalue weighted by molar-refractivity contribution is 5.98. The van der Waals surface area contributed by atoms with Gasteiger partial charge in [-0.3, -0.25) is 9.59 Å². The van der Waals surface area contributed by atoms with E-state index in [-0.39, 0.29) is 11.7 Å². The first kappa shape index (κ1) is 12.4. The minimum atomic E-state index is -0.166. The van der Waals surface area contributed by atoms with E-state index < -0.39 is 0 Å². The van der Waals surface area contributed by atoms with Crippen LogP contribution in [0.25, 0.3) is 0 Å². The molecular weight excluding hydrogens is 204 g/mol. The maximum atomic E-state index is 11.5. The summed E-state index contributed by atoms with van der Waals surface area (Å²) in [6.07, 6.45) is 0.471. The number of Topliss-reactive ketones (excluding diaryl/α,β-unsaturated/α-hetero) is 1. The molecular formula is C12H16N2O2. The topological polar surface area (TPSA) is 72.2 Å². The van der Waals surface area contributed by atoms with Crippen LogP contribution in [0, 0.1) is 0 Å². The molecule has 3 N–H and O–H groups in total. The van der Waals surface area contributed by atoms with Crippen LogP contribution in [0.1, 0.15) is 34.1 Å². The molecule has 0 spiro atoms. The molecule has 0 atom stereocenters. The Bertz CT molecular complexity index is 371. The van der Waals surface area contributed by atoms with Gasteiger partial charge in [-0.2, -0.15) is 0 Å². The van der Waals surface area contributed by atoms with E-state index in [2.05, 4.69) is 5.32 Å². The van der Waals surface area contributed by atoms with Crippen molar-refractivity contribution in [3.05, 3.63) is 35.4 Å². The molecule has 0 bridgehead atoms. The van der Waals surface area contributed by atoms with Gasteiger partial charge in [-0.05, 0) is 12.1 Å². The van der Waals surface area contributed by atoms with Crippen molar-refractivity contribution in [2.45, 2.75) is 13.3 Å². The molecule has 4 heteroatoms. The van der Waals surface area contributed by atoms with Crippen LogP contribution in [-0.2, 0) is 0 Å². The molecule has 0 aliphatic heterocycles. The molecule has 0 aliphatic rings. The van der Waals surface area contributed by atoms with Crippen LogP contribution in [0.5, 0.6) is 0 Å². The lowest BCUT2D eigenvalue weighted by atomic mass is 10.1. The van der Waals surface area contributed by atoms with Crippen LogP contribution in [0.3, 0.4) is 0 Å². The Morgan fingerprint density at radius 2 is 1.75 bits per heavy atom. The highest BCUT2D eigenvalue weighted by Gasteiger charge is 2.06. The Morgan fingerprint density at radius 1 is 1.19 bits per heavy atom. The summed E-state index contributed by atoms with van der Waals surface area (Å²) in [7, 11) is 0. The zero-order valence-corrected chi connectivity index (χ0v) is 9.32. The number of amides is 1. The smallest absolute Gasteiger partial charge is 0.251 e. The molecule has 16 heavy (non-hydrogen) atoms. The van der Waals surface area contributed by atoms with E-state index in [0.717, 1.165) is 0 Å². The minimum absolute atomic E-state index is 0.0777. The van der Waals surface area contributed by atoms with E-state index in [0.29, 0.717) is 30.6 Å². The third kappa shape index (κ3) is 3.17. The monoisotopic (exact) mass is 220 g/mol. The number of ketones is 1. The second kappa shape index (κ2) is 6.02. The first-order valence-electron chi connectivity index (χ1n) is 5.30. The number of nitrogens with two attached hydrogens (primary N) is 1. The fourth-order valence-electron chi connectivity index (χ4n) is 1.30. The van der Waals surface area contributed by atoms with E-state index in [9.17, 15) is 9.59 Å². The molecule has 4 nitrogen and oxygen atoms in total. The summed E-state index contributed by atoms with van der Waals surface area (Å²) in [5.74, 6) is -0.0881. The zero-order chi connectivity index (χ0) is 12.0. The summed E-state index contributed by atoms with van der Waals surface area (Å²) in [5, 5.41) is 2.66. The lowest BCUT2D eigenvalue weighted by molar-refractivity contribution is 0.0951. The number of hydrogen-bond donors (Lipinski definition) is 2. The van der Waals surface area contributed by atoms with E-state index >= 15 is 0 Å². The van der Waals surface area contributed by atoms with Crippen molar-refractivity contribution in [3.63, 3.8) is 0 Å². The molecule has 0 saturated carbocycles. The van der Waals surface area contributed by atoms with Crippen molar-refractivity contribution >= 4 is 11.7 Å². The largest absolute Gasteiger partial charge is 0.351 e. The van der Waals surface area contributed by atoms with Gasteiger partial charge < -0.3 is 11.1 Å². The molecule has 0 aliphatic carbocycles. The minimum Gasteiger partial charge on any atom is -0.351 e. The SMILES string of the molecule is CCC(=O)c1ccc(C(=O)NCCN)cc1. The Hall–Kier alpha value is -1.68. The number of benzene rings is 1. The predicted molar refractivity (Wildman–Crippen MR) is 62.5 cm³/mol. The summed E-state index contributed by atoms with van der Waals surface area (Å²) in [6.45, 7) is 2.68. The molecule has 0 saturated heterocycles. The van der Waals surface area contributed by atoms with Gasteiger partial charge in [-0.1, -0.05) is 19.1 Å². The lowest BCUT2D eigenvalue weighted by Gasteiger charge is -2.04. The molecule has 0 fully saturated rings. The Kier molecular flexibility index (Phi) is 4.66. The predicted octanol–water partition coefficient (Wildman–Crippen LogP) is 0.968. The molecule has 0 aromatic heterocycles. The standard InChI is InChI=1S/C12H16N2O2/c1-2-11(15)9-3-5-10(6-4-9)12(16)14-8-7-13/h3-6H,2,7-8,13H2,1H3,(H,14,16). The average molecular weight is 220 g/mol. The summed E-state index contributed by atoms with van der Waals surface area (Å²) < 4.78 is 0. The Morgan fingerprint density at radius 3 is 2.25 bits per heavy atom. The maximum Gasteiger partial charge on any atom is 0.251 e. The highest BCUT2D eigenvalue weighted by atomic mass is 16.1. The van der Waals surface area contributed by atoms with Crippen molar-refractivity contribution in [2.75, 3.05) is 13.1 Å². The van der Waals surface area contributed by atoms with Gasteiger partial charge in [0.05, 0.1) is 0 Å². The van der Waals surface area contributed by atoms with E-state index in [1.54, 1.807) is 24.3 Å². The summed E-state index contributed by atoms with van der Waals surface area (Å²) in [6, 6.07) is 6.63. The van der Waals surface area contributed by atoms with Gasteiger partial charge in [-0.15, -0.1) is 0 Å². The van der Waals surface area contributed by atoms with Crippen LogP contribution in [0.2, 0.25) is 0 Å². The third-order valence-electron chi connectivity index (χ3n) is 2.22. The van der Waals surface area contributed by atoms with Gasteiger partial charge in [0, 0.05) is 30.6 Å². The van der Waals surface area contributed by atoms with Gasteiger partial charge in [-0.25, -0.2) is 0 Å². The normalized spacial score (nSPS) is 9.88. The van der Waals surface area contributed by atoms with E-state index in [4.69, 9.17) is 5.73 Å². The van der Waals surface area contributed by atoms with Crippen LogP contribution in [0.4, 0.5) is 0 Å². The van der Waals surface area contributed by atoms with Gasteiger partial charge in [0.2, 0.25) is 0 Å². The van der Waals surface area contributed by atoms with E-state index in [1.807, 2.05) is 6.92 Å². The third-order valence-corrected chi connectivity index (χ3v) is 2.22. The molecule has 1 aromatic rings. The second-order valence-corrected chi connectivity index (χ2v) is 3.40. The van der Waals surface area contributed by atoms with Gasteiger partial charge >= 0.3 is 0 Å². The number of hydrogen-bond acceptors (Lipinski definition) is 3. The fourth-order valence-corrected chi connectivity index (χ4v) is 1.30. The second-order valence-electron chi connectivity index (χ2n) is 3.40. The van der Waals surface area contributed by atoms with Crippen LogP contribution in [0.15, 0.2) is 24.3 Å². The van der Waals surface area contributed by atoms with Crippen molar-refractivity contribution in [1.82, 2.24) is 5.32 Å². The van der Waals surface area contributed by atoms with Crippen LogP contribution in [-0.4, -0.2) is 24.8 Å². The summed E-state index contributed by atoms with van der Waals surface area (Å²) in [5.41, 5.74) is 6.46. The number of carbonyl (C=O) groups is 2. The highest BCUT2D eigenvalue weighted by Crippen LogP contribution is 2.06. The molecule has 86 valence electrons. The first-order chi connectivity index (χ1) is 7.69. The van der Waals surface area contributed by atoms with Crippen LogP contribution >= 0.6 is 0 Å². The molecule has 0 heterocycles. The van der Waals surface area contributed by atoms with Crippen molar-refractivity contribution in [1.29, 1.82) is 0 Å². The average Bonchev–Trinajstić information content (AvgIpc) is 2.35. The molecule has 0 radical (unpaired) electrons. The fraction of sp³-hybridized carbons (Fsp3) is 0.333. The summed E-state index contributed by atoms with van der Waals surface area (Å²) >= 11 is 0. The maximum absolute atomic E-state index is 11.5. The molecule has 1 rings (SSSR count). The molecule has 1 amide bonds. The van der Waals surface area contributed by atoms with Crippen molar-refractivity contribution in [2.24, 2.45) is 5.73 Å². The Labute approximate surface area is 94.8 Å². The van der Waals surface area contributed by atoms with Crippen LogP contribution < -0.4 is 11.1 Å². The van der Waals surface area contributed by atoms with Gasteiger partial charge in [0.25, 0.3) is 5.91 Å². The number of rotatable bonds is 5. The van der Waals surface area contributed by atoms with Crippen molar-refractivity contribution < 1.29 is 9.59 Å². The number of carbonyl (C=O) groups excluding carboxylic acids is 2. The lowest BCUT2D eigenvalue weighted by Crippen LogP contribution is -2.28. The summed E-state index contributed by atoms with van der Waals surface area (Å²) in [4.78, 5) is 22.9. The number of nitrogens with one attached hydrogen (secondary N) is 1. The quantitative estimate of drug-likeness (QED) is 0.726. The zero-order valence-electron chi connectivity index (χ0n) is 9.32.